The number of azide groups is 1. The van der Waals surface area contributed by atoms with Gasteiger partial charge in [0.05, 0.1) is 6.61 Å². The Morgan fingerprint density at radius 1 is 1.67 bits per heavy atom. The van der Waals surface area contributed by atoms with Crippen LogP contribution in [-0.2, 0) is 9.53 Å². The molecule has 0 radical (unpaired) electrons. The van der Waals surface area contributed by atoms with Gasteiger partial charge in [-0.3, -0.25) is 0 Å². The number of rotatable bonds is 4. The fourth-order valence-corrected chi connectivity index (χ4v) is 1.52. The third-order valence-electron chi connectivity index (χ3n) is 1.89. The lowest BCUT2D eigenvalue weighted by Crippen LogP contribution is -2.05. The molecule has 0 bridgehead atoms. The van der Waals surface area contributed by atoms with Crippen LogP contribution in [0.3, 0.4) is 0 Å². The fraction of sp³-hybridized carbons (Fsp3) is 0.182. The molecule has 0 amide bonds. The van der Waals surface area contributed by atoms with Crippen LogP contribution in [0.1, 0.15) is 12.5 Å². The third-order valence-corrected chi connectivity index (χ3v) is 2.61. The van der Waals surface area contributed by atoms with Crippen LogP contribution < -0.4 is 0 Å². The second-order valence-electron chi connectivity index (χ2n) is 3.11. The second kappa shape index (κ2) is 6.78. The molecule has 0 N–H and O–H groups in total. The topological polar surface area (TPSA) is 75.1 Å². The van der Waals surface area contributed by atoms with E-state index in [1.165, 1.54) is 24.3 Å². The van der Waals surface area contributed by atoms with Gasteiger partial charge in [-0.25, -0.2) is 9.18 Å². The summed E-state index contributed by atoms with van der Waals surface area (Å²) in [6.45, 7) is 1.78. The molecule has 0 fully saturated rings. The summed E-state index contributed by atoms with van der Waals surface area (Å²) in [5.74, 6) is -1.22. The predicted octanol–water partition coefficient (Wildman–Crippen LogP) is 3.80. The summed E-state index contributed by atoms with van der Waals surface area (Å²) in [6, 6.07) is 3.95. The molecule has 0 unspecified atom stereocenters. The van der Waals surface area contributed by atoms with Gasteiger partial charge < -0.3 is 4.74 Å². The summed E-state index contributed by atoms with van der Waals surface area (Å²) >= 11 is 3.20. The van der Waals surface area contributed by atoms with E-state index >= 15 is 0 Å². The summed E-state index contributed by atoms with van der Waals surface area (Å²) in [5, 5.41) is 3.23. The molecule has 0 atom stereocenters. The Bertz CT molecular complexity index is 539. The molecule has 1 aromatic carbocycles. The zero-order valence-electron chi connectivity index (χ0n) is 9.43. The third kappa shape index (κ3) is 3.87. The van der Waals surface area contributed by atoms with Crippen LogP contribution in [0.2, 0.25) is 0 Å². The maximum Gasteiger partial charge on any atom is 0.340 e. The summed E-state index contributed by atoms with van der Waals surface area (Å²) in [5.41, 5.74) is 8.53. The van der Waals surface area contributed by atoms with Crippen LogP contribution in [-0.4, -0.2) is 12.6 Å². The Labute approximate surface area is 111 Å². The van der Waals surface area contributed by atoms with Crippen LogP contribution in [0.15, 0.2) is 33.5 Å². The largest absolute Gasteiger partial charge is 0.462 e. The van der Waals surface area contributed by atoms with E-state index in [1.54, 1.807) is 6.92 Å². The zero-order valence-corrected chi connectivity index (χ0v) is 11.0. The standard InChI is InChI=1S/C11H9BrFN3O2/c1-2-18-11(17)10(15-16-14)6-7-5-8(13)3-4-9(7)12/h3-6H,2H2,1H3. The Hall–Kier alpha value is -1.85. The van der Waals surface area contributed by atoms with Gasteiger partial charge in [-0.15, -0.1) is 0 Å². The first kappa shape index (κ1) is 14.2. The van der Waals surface area contributed by atoms with Gasteiger partial charge in [0.1, 0.15) is 11.5 Å². The highest BCUT2D eigenvalue weighted by atomic mass is 79.9. The molecule has 94 valence electrons. The zero-order chi connectivity index (χ0) is 13.5. The summed E-state index contributed by atoms with van der Waals surface area (Å²) in [7, 11) is 0. The first-order valence-corrected chi connectivity index (χ1v) is 5.76. The Morgan fingerprint density at radius 2 is 2.39 bits per heavy atom. The van der Waals surface area contributed by atoms with Gasteiger partial charge in [0.2, 0.25) is 0 Å². The van der Waals surface area contributed by atoms with Gasteiger partial charge in [-0.1, -0.05) is 21.0 Å². The minimum Gasteiger partial charge on any atom is -0.462 e. The number of hydrogen-bond donors (Lipinski definition) is 0. The SMILES string of the molecule is CCOC(=O)C(=Cc1cc(F)ccc1Br)N=[N+]=[N-]. The van der Waals surface area contributed by atoms with Crippen molar-refractivity contribution in [3.05, 3.63) is 50.2 Å². The summed E-state index contributed by atoms with van der Waals surface area (Å²) in [4.78, 5) is 14.0. The molecule has 0 aliphatic heterocycles. The molecule has 5 nitrogen and oxygen atoms in total. The number of hydrogen-bond acceptors (Lipinski definition) is 3. The molecule has 0 saturated carbocycles. The van der Waals surface area contributed by atoms with E-state index in [2.05, 4.69) is 26.0 Å². The van der Waals surface area contributed by atoms with Crippen molar-refractivity contribution in [1.82, 2.24) is 0 Å². The summed E-state index contributed by atoms with van der Waals surface area (Å²) in [6.07, 6.45) is 1.25. The molecule has 1 aromatic rings. The number of ether oxygens (including phenoxy) is 1. The molecule has 0 aliphatic rings. The average molecular weight is 314 g/mol. The van der Waals surface area contributed by atoms with Gasteiger partial charge >= 0.3 is 5.97 Å². The van der Waals surface area contributed by atoms with Crippen molar-refractivity contribution in [3.63, 3.8) is 0 Å². The minimum absolute atomic E-state index is 0.154. The normalized spacial score (nSPS) is 10.7. The van der Waals surface area contributed by atoms with Gasteiger partial charge in [0.15, 0.2) is 0 Å². The molecule has 0 aliphatic carbocycles. The first-order chi connectivity index (χ1) is 8.58. The van der Waals surface area contributed by atoms with Crippen LogP contribution in [0.4, 0.5) is 4.39 Å². The van der Waals surface area contributed by atoms with Gasteiger partial charge in [-0.2, -0.15) is 0 Å². The first-order valence-electron chi connectivity index (χ1n) is 4.97. The second-order valence-corrected chi connectivity index (χ2v) is 3.96. The number of nitrogens with zero attached hydrogens (tertiary/aromatic N) is 3. The number of halogens is 2. The lowest BCUT2D eigenvalue weighted by atomic mass is 10.2. The molecule has 18 heavy (non-hydrogen) atoms. The fourth-order valence-electron chi connectivity index (χ4n) is 1.15. The number of benzene rings is 1. The van der Waals surface area contributed by atoms with E-state index in [4.69, 9.17) is 10.3 Å². The highest BCUT2D eigenvalue weighted by molar-refractivity contribution is 9.10. The highest BCUT2D eigenvalue weighted by Gasteiger charge is 2.10. The van der Waals surface area contributed by atoms with Crippen molar-refractivity contribution >= 4 is 28.0 Å². The molecule has 7 heteroatoms. The quantitative estimate of drug-likeness (QED) is 0.279. The van der Waals surface area contributed by atoms with Crippen LogP contribution in [0.25, 0.3) is 16.5 Å². The van der Waals surface area contributed by atoms with Crippen LogP contribution >= 0.6 is 15.9 Å². The molecule has 0 spiro atoms. The van der Waals surface area contributed by atoms with Crippen molar-refractivity contribution in [2.24, 2.45) is 5.11 Å². The van der Waals surface area contributed by atoms with E-state index in [-0.39, 0.29) is 12.3 Å². The van der Waals surface area contributed by atoms with Crippen molar-refractivity contribution in [1.29, 1.82) is 0 Å². The van der Waals surface area contributed by atoms with Gasteiger partial charge in [-0.05, 0) is 42.3 Å². The maximum atomic E-state index is 13.1. The highest BCUT2D eigenvalue weighted by Crippen LogP contribution is 2.21. The van der Waals surface area contributed by atoms with E-state index < -0.39 is 11.8 Å². The van der Waals surface area contributed by atoms with Crippen molar-refractivity contribution in [2.75, 3.05) is 6.61 Å². The lowest BCUT2D eigenvalue weighted by molar-refractivity contribution is -0.138. The Balaban J connectivity index is 3.19. The molecule has 1 rings (SSSR count). The minimum atomic E-state index is -0.758. The lowest BCUT2D eigenvalue weighted by Gasteiger charge is -2.03. The van der Waals surface area contributed by atoms with E-state index in [0.29, 0.717) is 10.0 Å². The molecule has 0 heterocycles. The maximum absolute atomic E-state index is 13.1. The Morgan fingerprint density at radius 3 is 3.00 bits per heavy atom. The molecular weight excluding hydrogens is 305 g/mol. The van der Waals surface area contributed by atoms with Crippen LogP contribution in [0, 0.1) is 5.82 Å². The molecular formula is C11H9BrFN3O2. The number of carbonyl (C=O) groups excluding carboxylic acids is 1. The van der Waals surface area contributed by atoms with E-state index in [0.717, 1.165) is 0 Å². The smallest absolute Gasteiger partial charge is 0.340 e. The number of esters is 1. The number of carbonyl (C=O) groups is 1. The van der Waals surface area contributed by atoms with E-state index in [9.17, 15) is 9.18 Å². The van der Waals surface area contributed by atoms with E-state index in [1.807, 2.05) is 0 Å². The average Bonchev–Trinajstić information content (AvgIpc) is 2.33. The molecule has 0 aromatic heterocycles. The Kier molecular flexibility index (Phi) is 5.35. The van der Waals surface area contributed by atoms with Gasteiger partial charge in [0, 0.05) is 9.38 Å². The van der Waals surface area contributed by atoms with Crippen molar-refractivity contribution in [3.8, 4) is 0 Å². The predicted molar refractivity (Wildman–Crippen MR) is 67.9 cm³/mol. The molecule has 0 saturated heterocycles. The van der Waals surface area contributed by atoms with Gasteiger partial charge in [0.25, 0.3) is 0 Å². The summed E-state index contributed by atoms with van der Waals surface area (Å²) < 4.78 is 18.3. The monoisotopic (exact) mass is 313 g/mol. The van der Waals surface area contributed by atoms with Crippen molar-refractivity contribution < 1.29 is 13.9 Å². The van der Waals surface area contributed by atoms with Crippen LogP contribution in [0.5, 0.6) is 0 Å². The van der Waals surface area contributed by atoms with Crippen molar-refractivity contribution in [2.45, 2.75) is 6.92 Å².